The SMILES string of the molecule is CCC(N)Cc1ccc(Br)cc1N(C)CCOCC1CC1. The average molecular weight is 355 g/mol. The molecule has 21 heavy (non-hydrogen) atoms. The molecule has 3 nitrogen and oxygen atoms in total. The van der Waals surface area contributed by atoms with Crippen molar-refractivity contribution in [3.05, 3.63) is 28.2 Å². The predicted molar refractivity (Wildman–Crippen MR) is 92.9 cm³/mol. The zero-order valence-corrected chi connectivity index (χ0v) is 14.7. The Hall–Kier alpha value is -0.580. The highest BCUT2D eigenvalue weighted by Gasteiger charge is 2.21. The van der Waals surface area contributed by atoms with Crippen molar-refractivity contribution in [1.29, 1.82) is 0 Å². The molecule has 1 saturated carbocycles. The number of anilines is 1. The van der Waals surface area contributed by atoms with Gasteiger partial charge in [-0.2, -0.15) is 0 Å². The molecule has 0 spiro atoms. The minimum Gasteiger partial charge on any atom is -0.379 e. The van der Waals surface area contributed by atoms with Crippen LogP contribution in [0.4, 0.5) is 5.69 Å². The topological polar surface area (TPSA) is 38.5 Å². The van der Waals surface area contributed by atoms with Crippen molar-refractivity contribution in [2.45, 2.75) is 38.6 Å². The number of nitrogens with two attached hydrogens (primary N) is 1. The summed E-state index contributed by atoms with van der Waals surface area (Å²) in [5.74, 6) is 0.833. The highest BCUT2D eigenvalue weighted by molar-refractivity contribution is 9.10. The molecule has 0 saturated heterocycles. The van der Waals surface area contributed by atoms with Gasteiger partial charge in [-0.15, -0.1) is 0 Å². The lowest BCUT2D eigenvalue weighted by Gasteiger charge is -2.24. The zero-order valence-electron chi connectivity index (χ0n) is 13.1. The smallest absolute Gasteiger partial charge is 0.0641 e. The van der Waals surface area contributed by atoms with E-state index < -0.39 is 0 Å². The Morgan fingerprint density at radius 2 is 2.19 bits per heavy atom. The standard InChI is InChI=1S/C17H27BrN2O/c1-3-16(19)10-14-6-7-15(18)11-17(14)20(2)8-9-21-12-13-4-5-13/h6-7,11,13,16H,3-5,8-10,12,19H2,1-2H3. The lowest BCUT2D eigenvalue weighted by Crippen LogP contribution is -2.26. The van der Waals surface area contributed by atoms with Gasteiger partial charge in [-0.3, -0.25) is 0 Å². The Morgan fingerprint density at radius 3 is 2.86 bits per heavy atom. The van der Waals surface area contributed by atoms with E-state index in [1.807, 2.05) is 0 Å². The van der Waals surface area contributed by atoms with Crippen LogP contribution in [0.1, 0.15) is 31.7 Å². The van der Waals surface area contributed by atoms with E-state index in [0.29, 0.717) is 0 Å². The van der Waals surface area contributed by atoms with Gasteiger partial charge in [0.2, 0.25) is 0 Å². The summed E-state index contributed by atoms with van der Waals surface area (Å²) in [4.78, 5) is 2.27. The van der Waals surface area contributed by atoms with Crippen molar-refractivity contribution >= 4 is 21.6 Å². The Bertz CT molecular complexity index is 448. The summed E-state index contributed by atoms with van der Waals surface area (Å²) in [5, 5.41) is 0. The number of ether oxygens (including phenoxy) is 1. The summed E-state index contributed by atoms with van der Waals surface area (Å²) in [6.07, 6.45) is 4.62. The second-order valence-electron chi connectivity index (χ2n) is 6.09. The van der Waals surface area contributed by atoms with Crippen LogP contribution in [0.15, 0.2) is 22.7 Å². The van der Waals surface area contributed by atoms with Gasteiger partial charge in [0.15, 0.2) is 0 Å². The van der Waals surface area contributed by atoms with Crippen molar-refractivity contribution in [2.24, 2.45) is 11.7 Å². The molecule has 1 aromatic rings. The number of rotatable bonds is 9. The lowest BCUT2D eigenvalue weighted by atomic mass is 10.0. The summed E-state index contributed by atoms with van der Waals surface area (Å²) in [5.41, 5.74) is 8.69. The quantitative estimate of drug-likeness (QED) is 0.688. The molecule has 1 fully saturated rings. The van der Waals surface area contributed by atoms with Gasteiger partial charge in [0.25, 0.3) is 0 Å². The number of nitrogens with zero attached hydrogens (tertiary/aromatic N) is 1. The number of halogens is 1. The van der Waals surface area contributed by atoms with Gasteiger partial charge >= 0.3 is 0 Å². The van der Waals surface area contributed by atoms with Crippen LogP contribution < -0.4 is 10.6 Å². The Morgan fingerprint density at radius 1 is 1.43 bits per heavy atom. The van der Waals surface area contributed by atoms with Gasteiger partial charge in [0.1, 0.15) is 0 Å². The van der Waals surface area contributed by atoms with Gasteiger partial charge < -0.3 is 15.4 Å². The second-order valence-corrected chi connectivity index (χ2v) is 7.00. The molecule has 0 aliphatic heterocycles. The maximum Gasteiger partial charge on any atom is 0.0641 e. The average Bonchev–Trinajstić information content (AvgIpc) is 3.29. The summed E-state index contributed by atoms with van der Waals surface area (Å²) in [7, 11) is 2.13. The summed E-state index contributed by atoms with van der Waals surface area (Å²) in [6.45, 7) is 4.77. The normalized spacial score (nSPS) is 16.0. The van der Waals surface area contributed by atoms with Crippen molar-refractivity contribution in [3.8, 4) is 0 Å². The Balaban J connectivity index is 1.92. The third-order valence-corrected chi connectivity index (χ3v) is 4.58. The third-order valence-electron chi connectivity index (χ3n) is 4.09. The molecule has 1 aliphatic carbocycles. The maximum absolute atomic E-state index is 6.12. The molecule has 0 aromatic heterocycles. The first-order chi connectivity index (χ1) is 10.1. The van der Waals surface area contributed by atoms with Crippen LogP contribution in [0.25, 0.3) is 0 Å². The van der Waals surface area contributed by atoms with E-state index in [1.54, 1.807) is 0 Å². The van der Waals surface area contributed by atoms with Gasteiger partial charge in [-0.05, 0) is 49.3 Å². The van der Waals surface area contributed by atoms with Gasteiger partial charge in [0.05, 0.1) is 6.61 Å². The predicted octanol–water partition coefficient (Wildman–Crippen LogP) is 3.59. The molecule has 0 bridgehead atoms. The van der Waals surface area contributed by atoms with E-state index in [4.69, 9.17) is 10.5 Å². The first-order valence-corrected chi connectivity index (χ1v) is 8.72. The fourth-order valence-corrected chi connectivity index (χ4v) is 2.70. The van der Waals surface area contributed by atoms with Crippen LogP contribution in [0, 0.1) is 5.92 Å². The fourth-order valence-electron chi connectivity index (χ4n) is 2.35. The molecule has 1 atom stereocenters. The van der Waals surface area contributed by atoms with E-state index in [9.17, 15) is 0 Å². The summed E-state index contributed by atoms with van der Waals surface area (Å²) < 4.78 is 6.85. The van der Waals surface area contributed by atoms with Gasteiger partial charge in [-0.1, -0.05) is 28.9 Å². The molecule has 4 heteroatoms. The van der Waals surface area contributed by atoms with Gasteiger partial charge in [-0.25, -0.2) is 0 Å². The molecule has 1 aromatic carbocycles. The van der Waals surface area contributed by atoms with Crippen LogP contribution in [0.3, 0.4) is 0 Å². The minimum atomic E-state index is 0.226. The van der Waals surface area contributed by atoms with E-state index in [0.717, 1.165) is 43.0 Å². The lowest BCUT2D eigenvalue weighted by molar-refractivity contribution is 0.131. The van der Waals surface area contributed by atoms with E-state index in [-0.39, 0.29) is 6.04 Å². The highest BCUT2D eigenvalue weighted by atomic mass is 79.9. The Kier molecular flexibility index (Phi) is 6.52. The van der Waals surface area contributed by atoms with Crippen molar-refractivity contribution in [3.63, 3.8) is 0 Å². The summed E-state index contributed by atoms with van der Waals surface area (Å²) >= 11 is 3.57. The minimum absolute atomic E-state index is 0.226. The number of hydrogen-bond donors (Lipinski definition) is 1. The highest BCUT2D eigenvalue weighted by Crippen LogP contribution is 2.29. The Labute approximate surface area is 137 Å². The molecule has 0 amide bonds. The van der Waals surface area contributed by atoms with Gasteiger partial charge in [0, 0.05) is 36.4 Å². The molecular formula is C17H27BrN2O. The van der Waals surface area contributed by atoms with Crippen molar-refractivity contribution in [1.82, 2.24) is 0 Å². The summed E-state index contributed by atoms with van der Waals surface area (Å²) in [6, 6.07) is 6.68. The number of hydrogen-bond acceptors (Lipinski definition) is 3. The number of benzene rings is 1. The molecule has 118 valence electrons. The van der Waals surface area contributed by atoms with Crippen LogP contribution in [-0.4, -0.2) is 32.8 Å². The van der Waals surface area contributed by atoms with Crippen LogP contribution in [-0.2, 0) is 11.2 Å². The first kappa shape index (κ1) is 16.8. The molecule has 1 aliphatic rings. The van der Waals surface area contributed by atoms with E-state index >= 15 is 0 Å². The monoisotopic (exact) mass is 354 g/mol. The molecule has 2 rings (SSSR count). The van der Waals surface area contributed by atoms with Crippen LogP contribution in [0.2, 0.25) is 0 Å². The van der Waals surface area contributed by atoms with Crippen LogP contribution >= 0.6 is 15.9 Å². The van der Waals surface area contributed by atoms with Crippen LogP contribution in [0.5, 0.6) is 0 Å². The van der Waals surface area contributed by atoms with Crippen molar-refractivity contribution < 1.29 is 4.74 Å². The molecule has 0 heterocycles. The van der Waals surface area contributed by atoms with E-state index in [1.165, 1.54) is 24.1 Å². The molecule has 1 unspecified atom stereocenters. The van der Waals surface area contributed by atoms with Crippen molar-refractivity contribution in [2.75, 3.05) is 31.7 Å². The van der Waals surface area contributed by atoms with E-state index in [2.05, 4.69) is 53.0 Å². The third kappa shape index (κ3) is 5.61. The maximum atomic E-state index is 6.12. The molecular weight excluding hydrogens is 328 g/mol. The zero-order chi connectivity index (χ0) is 15.2. The number of likely N-dealkylation sites (N-methyl/N-ethyl adjacent to an activating group) is 1. The second kappa shape index (κ2) is 8.16. The molecule has 2 N–H and O–H groups in total. The molecule has 0 radical (unpaired) electrons. The fraction of sp³-hybridized carbons (Fsp3) is 0.647. The first-order valence-electron chi connectivity index (χ1n) is 7.93. The largest absolute Gasteiger partial charge is 0.379 e.